The van der Waals surface area contributed by atoms with Crippen LogP contribution in [0.1, 0.15) is 63.3 Å². The van der Waals surface area contributed by atoms with Gasteiger partial charge in [0.2, 0.25) is 0 Å². The van der Waals surface area contributed by atoms with Crippen LogP contribution in [0.5, 0.6) is 0 Å². The highest BCUT2D eigenvalue weighted by atomic mass is 16.1. The minimum Gasteiger partial charge on any atom is -0.398 e. The van der Waals surface area contributed by atoms with Crippen molar-refractivity contribution >= 4 is 17.8 Å². The largest absolute Gasteiger partial charge is 0.398 e. The van der Waals surface area contributed by atoms with Gasteiger partial charge in [-0.2, -0.15) is 5.26 Å². The molecule has 2 aromatic rings. The molecule has 0 aliphatic carbocycles. The molecule has 6 heteroatoms. The molecule has 0 aliphatic rings. The topological polar surface area (TPSA) is 119 Å². The number of hydrogen-bond acceptors (Lipinski definition) is 4. The monoisotopic (exact) mass is 458 g/mol. The van der Waals surface area contributed by atoms with Gasteiger partial charge in [-0.3, -0.25) is 4.79 Å². The summed E-state index contributed by atoms with van der Waals surface area (Å²) >= 11 is 0. The molecule has 2 rings (SSSR count). The van der Waals surface area contributed by atoms with Crippen molar-refractivity contribution in [3.63, 3.8) is 0 Å². The minimum atomic E-state index is -0.526. The molecule has 34 heavy (non-hydrogen) atoms. The molecule has 0 saturated heterocycles. The molecule has 0 radical (unpaired) electrons. The summed E-state index contributed by atoms with van der Waals surface area (Å²) in [5.41, 5.74) is 12.7. The highest BCUT2D eigenvalue weighted by Gasteiger charge is 2.19. The van der Waals surface area contributed by atoms with Crippen molar-refractivity contribution in [2.24, 2.45) is 5.73 Å². The van der Waals surface area contributed by atoms with Crippen LogP contribution in [-0.4, -0.2) is 12.1 Å². The van der Waals surface area contributed by atoms with Crippen LogP contribution in [0.3, 0.4) is 0 Å². The van der Waals surface area contributed by atoms with Gasteiger partial charge >= 0.3 is 0 Å². The van der Waals surface area contributed by atoms with Crippen molar-refractivity contribution in [1.82, 2.24) is 5.32 Å². The third-order valence-electron chi connectivity index (χ3n) is 6.12. The first-order chi connectivity index (χ1) is 16.1. The molecule has 0 aliphatic heterocycles. The third kappa shape index (κ3) is 6.90. The second-order valence-electron chi connectivity index (χ2n) is 9.01. The van der Waals surface area contributed by atoms with Gasteiger partial charge in [0, 0.05) is 30.9 Å². The molecule has 0 saturated carbocycles. The Morgan fingerprint density at radius 2 is 1.71 bits per heavy atom. The Labute approximate surface area is 203 Å². The van der Waals surface area contributed by atoms with E-state index in [4.69, 9.17) is 11.1 Å². The zero-order chi connectivity index (χ0) is 25.3. The fourth-order valence-corrected chi connectivity index (χ4v) is 3.38. The van der Waals surface area contributed by atoms with E-state index in [0.717, 1.165) is 51.9 Å². The van der Waals surface area contributed by atoms with Gasteiger partial charge in [0.25, 0.3) is 5.91 Å². The van der Waals surface area contributed by atoms with E-state index in [1.165, 1.54) is 0 Å². The van der Waals surface area contributed by atoms with Crippen LogP contribution in [0.15, 0.2) is 65.4 Å². The first-order valence-electron chi connectivity index (χ1n) is 11.5. The number of allylic oxidation sites excluding steroid dienone is 2. The third-order valence-corrected chi connectivity index (χ3v) is 6.12. The first-order valence-corrected chi connectivity index (χ1v) is 11.5. The lowest BCUT2D eigenvalue weighted by Crippen LogP contribution is -2.80. The Morgan fingerprint density at radius 3 is 2.24 bits per heavy atom. The van der Waals surface area contributed by atoms with E-state index in [1.54, 1.807) is 0 Å². The Kier molecular flexibility index (Phi) is 9.35. The maximum Gasteiger partial charge on any atom is 0.258 e. The number of benzene rings is 2. The summed E-state index contributed by atoms with van der Waals surface area (Å²) in [6.07, 6.45) is 2.01. The summed E-state index contributed by atoms with van der Waals surface area (Å²) in [6.45, 7) is 10.7. The molecule has 2 aromatic carbocycles. The standard InChI is InChI=1S/C28H35N5O/c1-6-19(2)26(31)23-11-7-21(8-12-23)17-33-27(34)25(15-29)20(3)32-16-22-9-13-24(14-10-22)28(4,5)18-30/h7-15,29,32H,6,16-17,31H2,1-5H3,(H,33,34)/p+1/b25-20+,26-19?,29-15?. The molecule has 6 N–H and O–H groups in total. The van der Waals surface area contributed by atoms with Crippen LogP contribution >= 0.6 is 0 Å². The van der Waals surface area contributed by atoms with E-state index in [9.17, 15) is 10.1 Å². The fourth-order valence-electron chi connectivity index (χ4n) is 3.38. The number of nitrogens with one attached hydrogen (secondary N) is 2. The molecule has 0 bridgehead atoms. The molecule has 0 atom stereocenters. The molecular formula is C28H36N5O+. The highest BCUT2D eigenvalue weighted by molar-refractivity contribution is 6.11. The minimum absolute atomic E-state index is 0.278. The molecular weight excluding hydrogens is 422 g/mol. The first kappa shape index (κ1) is 26.6. The highest BCUT2D eigenvalue weighted by Crippen LogP contribution is 2.22. The summed E-state index contributed by atoms with van der Waals surface area (Å²) < 4.78 is 0. The van der Waals surface area contributed by atoms with Crippen molar-refractivity contribution in [3.8, 4) is 6.07 Å². The molecule has 0 fully saturated rings. The van der Waals surface area contributed by atoms with Gasteiger partial charge in [-0.15, -0.1) is 0 Å². The SMILES string of the molecule is CCC(C)=C(N)c1ccc(CNC(=O)/C(C=N)=C(\C)[NH2+]Cc2ccc(C(C)(C)C#N)cc2)cc1. The van der Waals surface area contributed by atoms with Gasteiger partial charge < -0.3 is 21.8 Å². The number of nitriles is 1. The van der Waals surface area contributed by atoms with E-state index in [0.29, 0.717) is 18.7 Å². The second-order valence-corrected chi connectivity index (χ2v) is 9.01. The summed E-state index contributed by atoms with van der Waals surface area (Å²) in [5.74, 6) is -0.278. The predicted molar refractivity (Wildman–Crippen MR) is 138 cm³/mol. The van der Waals surface area contributed by atoms with Crippen LogP contribution in [-0.2, 0) is 23.3 Å². The average Bonchev–Trinajstić information content (AvgIpc) is 2.86. The molecule has 178 valence electrons. The number of nitrogens with two attached hydrogens (primary N) is 2. The number of carbonyl (C=O) groups excluding carboxylic acids is 1. The predicted octanol–water partition coefficient (Wildman–Crippen LogP) is 3.89. The second kappa shape index (κ2) is 12.0. The summed E-state index contributed by atoms with van der Waals surface area (Å²) in [6, 6.07) is 18.1. The Bertz CT molecular complexity index is 1120. The van der Waals surface area contributed by atoms with Crippen molar-refractivity contribution in [2.75, 3.05) is 0 Å². The maximum absolute atomic E-state index is 12.7. The summed E-state index contributed by atoms with van der Waals surface area (Å²) in [4.78, 5) is 12.7. The molecule has 0 aromatic heterocycles. The molecule has 6 nitrogen and oxygen atoms in total. The smallest absolute Gasteiger partial charge is 0.258 e. The van der Waals surface area contributed by atoms with Crippen molar-refractivity contribution in [2.45, 2.75) is 59.5 Å². The van der Waals surface area contributed by atoms with Gasteiger partial charge in [0.05, 0.1) is 11.5 Å². The van der Waals surface area contributed by atoms with Crippen LogP contribution in [0, 0.1) is 16.7 Å². The average molecular weight is 459 g/mol. The van der Waals surface area contributed by atoms with Crippen LogP contribution in [0.4, 0.5) is 0 Å². The normalized spacial score (nSPS) is 12.8. The van der Waals surface area contributed by atoms with Crippen molar-refractivity contribution < 1.29 is 10.1 Å². The van der Waals surface area contributed by atoms with Crippen LogP contribution in [0.25, 0.3) is 5.70 Å². The summed E-state index contributed by atoms with van der Waals surface area (Å²) in [7, 11) is 0. The van der Waals surface area contributed by atoms with E-state index < -0.39 is 5.41 Å². The number of rotatable bonds is 10. The van der Waals surface area contributed by atoms with Gasteiger partial charge in [-0.1, -0.05) is 61.0 Å². The van der Waals surface area contributed by atoms with Gasteiger partial charge in [-0.05, 0) is 43.9 Å². The Balaban J connectivity index is 1.99. The lowest BCUT2D eigenvalue weighted by Gasteiger charge is -2.15. The van der Waals surface area contributed by atoms with Gasteiger partial charge in [0.1, 0.15) is 17.8 Å². The van der Waals surface area contributed by atoms with Crippen LogP contribution < -0.4 is 16.4 Å². The van der Waals surface area contributed by atoms with E-state index >= 15 is 0 Å². The molecule has 0 unspecified atom stereocenters. The molecule has 0 spiro atoms. The number of amides is 1. The molecule has 1 amide bonds. The number of hydrogen-bond donors (Lipinski definition) is 4. The van der Waals surface area contributed by atoms with Crippen molar-refractivity contribution in [1.29, 1.82) is 10.7 Å². The Morgan fingerprint density at radius 1 is 1.12 bits per heavy atom. The zero-order valence-electron chi connectivity index (χ0n) is 20.8. The fraction of sp³-hybridized carbons (Fsp3) is 0.321. The van der Waals surface area contributed by atoms with Crippen LogP contribution in [0.2, 0.25) is 0 Å². The summed E-state index contributed by atoms with van der Waals surface area (Å²) in [5, 5.41) is 21.9. The number of carbonyl (C=O) groups is 1. The van der Waals surface area contributed by atoms with E-state index in [2.05, 4.69) is 18.3 Å². The lowest BCUT2D eigenvalue weighted by molar-refractivity contribution is -0.623. The zero-order valence-corrected chi connectivity index (χ0v) is 20.8. The van der Waals surface area contributed by atoms with E-state index in [-0.39, 0.29) is 5.91 Å². The van der Waals surface area contributed by atoms with Gasteiger partial charge in [-0.25, -0.2) is 0 Å². The van der Waals surface area contributed by atoms with E-state index in [1.807, 2.05) is 81.5 Å². The Hall–Kier alpha value is -3.69. The van der Waals surface area contributed by atoms with Gasteiger partial charge in [0.15, 0.2) is 0 Å². The lowest BCUT2D eigenvalue weighted by atomic mass is 9.86. The quantitative estimate of drug-likeness (QED) is 0.319. The number of nitrogens with zero attached hydrogens (tertiary/aromatic N) is 1. The van der Waals surface area contributed by atoms with Crippen molar-refractivity contribution in [3.05, 3.63) is 87.6 Å². The maximum atomic E-state index is 12.7. The molecule has 0 heterocycles. The number of quaternary nitrogens is 1.